The van der Waals surface area contributed by atoms with Crippen molar-refractivity contribution >= 4 is 17.3 Å². The molecule has 3 nitrogen and oxygen atoms in total. The van der Waals surface area contributed by atoms with Gasteiger partial charge in [0.2, 0.25) is 0 Å². The van der Waals surface area contributed by atoms with E-state index in [1.807, 2.05) is 6.92 Å². The first-order valence-corrected chi connectivity index (χ1v) is 6.39. The van der Waals surface area contributed by atoms with Crippen LogP contribution in [0.4, 0.5) is 4.39 Å². The fourth-order valence-corrected chi connectivity index (χ4v) is 2.44. The van der Waals surface area contributed by atoms with Crippen LogP contribution in [-0.4, -0.2) is 17.6 Å². The Morgan fingerprint density at radius 3 is 2.94 bits per heavy atom. The highest BCUT2D eigenvalue weighted by Crippen LogP contribution is 2.27. The van der Waals surface area contributed by atoms with E-state index in [0.717, 1.165) is 11.1 Å². The lowest BCUT2D eigenvalue weighted by molar-refractivity contribution is 0.0520. The number of hydrogen-bond donors (Lipinski definition) is 0. The highest BCUT2D eigenvalue weighted by molar-refractivity contribution is 7.13. The molecule has 94 valence electrons. The average molecular weight is 265 g/mol. The van der Waals surface area contributed by atoms with Crippen molar-refractivity contribution in [3.05, 3.63) is 40.7 Å². The largest absolute Gasteiger partial charge is 0.461 e. The molecule has 1 aromatic carbocycles. The van der Waals surface area contributed by atoms with Crippen LogP contribution in [0.1, 0.15) is 23.0 Å². The van der Waals surface area contributed by atoms with Crippen LogP contribution in [0, 0.1) is 12.7 Å². The second-order valence-electron chi connectivity index (χ2n) is 3.72. The molecular formula is C13H12FNO2S. The average Bonchev–Trinajstić information content (AvgIpc) is 2.78. The van der Waals surface area contributed by atoms with E-state index in [-0.39, 0.29) is 5.82 Å². The lowest BCUT2D eigenvalue weighted by Gasteiger charge is -2.01. The summed E-state index contributed by atoms with van der Waals surface area (Å²) in [5.74, 6) is -0.710. The molecule has 0 bridgehead atoms. The van der Waals surface area contributed by atoms with Crippen molar-refractivity contribution in [3.8, 4) is 10.6 Å². The van der Waals surface area contributed by atoms with Crippen molar-refractivity contribution in [2.45, 2.75) is 13.8 Å². The Morgan fingerprint density at radius 1 is 1.50 bits per heavy atom. The zero-order valence-electron chi connectivity index (χ0n) is 10.1. The van der Waals surface area contributed by atoms with Crippen molar-refractivity contribution < 1.29 is 13.9 Å². The maximum absolute atomic E-state index is 13.0. The number of carbonyl (C=O) groups excluding carboxylic acids is 1. The molecule has 2 aromatic rings. The highest BCUT2D eigenvalue weighted by Gasteiger charge is 2.13. The Bertz CT molecular complexity index is 580. The van der Waals surface area contributed by atoms with Crippen LogP contribution in [-0.2, 0) is 4.74 Å². The quantitative estimate of drug-likeness (QED) is 0.798. The van der Waals surface area contributed by atoms with E-state index in [0.29, 0.717) is 17.3 Å². The van der Waals surface area contributed by atoms with Crippen molar-refractivity contribution in [3.63, 3.8) is 0 Å². The molecule has 0 spiro atoms. The smallest absolute Gasteiger partial charge is 0.357 e. The minimum absolute atomic E-state index is 0.279. The fraction of sp³-hybridized carbons (Fsp3) is 0.231. The number of aromatic nitrogens is 1. The molecule has 5 heteroatoms. The van der Waals surface area contributed by atoms with Crippen LogP contribution in [0.2, 0.25) is 0 Å². The van der Waals surface area contributed by atoms with E-state index in [2.05, 4.69) is 4.98 Å². The number of nitrogens with zero attached hydrogens (tertiary/aromatic N) is 1. The normalized spacial score (nSPS) is 10.4. The Balaban J connectivity index is 2.32. The lowest BCUT2D eigenvalue weighted by Crippen LogP contribution is -2.04. The van der Waals surface area contributed by atoms with Gasteiger partial charge in [-0.1, -0.05) is 0 Å². The minimum Gasteiger partial charge on any atom is -0.461 e. The van der Waals surface area contributed by atoms with Crippen molar-refractivity contribution in [1.82, 2.24) is 4.98 Å². The first-order chi connectivity index (χ1) is 8.61. The Kier molecular flexibility index (Phi) is 3.72. The molecule has 0 saturated heterocycles. The van der Waals surface area contributed by atoms with Gasteiger partial charge < -0.3 is 4.74 Å². The molecule has 0 amide bonds. The number of carbonyl (C=O) groups is 1. The van der Waals surface area contributed by atoms with E-state index in [1.165, 1.54) is 23.5 Å². The van der Waals surface area contributed by atoms with Crippen LogP contribution in [0.5, 0.6) is 0 Å². The number of rotatable bonds is 3. The van der Waals surface area contributed by atoms with E-state index in [9.17, 15) is 9.18 Å². The number of hydrogen-bond acceptors (Lipinski definition) is 4. The third-order valence-corrected chi connectivity index (χ3v) is 3.28. The summed E-state index contributed by atoms with van der Waals surface area (Å²) >= 11 is 1.34. The van der Waals surface area contributed by atoms with Crippen LogP contribution in [0.3, 0.4) is 0 Å². The molecule has 1 heterocycles. The molecule has 0 radical (unpaired) electrons. The highest BCUT2D eigenvalue weighted by atomic mass is 32.1. The molecule has 0 aliphatic heterocycles. The predicted molar refractivity (Wildman–Crippen MR) is 68.2 cm³/mol. The topological polar surface area (TPSA) is 39.2 Å². The van der Waals surface area contributed by atoms with Gasteiger partial charge in [0.05, 0.1) is 6.61 Å². The first kappa shape index (κ1) is 12.7. The summed E-state index contributed by atoms with van der Waals surface area (Å²) in [7, 11) is 0. The molecule has 0 atom stereocenters. The molecule has 1 aromatic heterocycles. The summed E-state index contributed by atoms with van der Waals surface area (Å²) in [5.41, 5.74) is 1.91. The molecule has 18 heavy (non-hydrogen) atoms. The summed E-state index contributed by atoms with van der Waals surface area (Å²) in [5, 5.41) is 2.34. The third-order valence-electron chi connectivity index (χ3n) is 2.41. The van der Waals surface area contributed by atoms with Gasteiger partial charge in [0.1, 0.15) is 10.8 Å². The monoisotopic (exact) mass is 265 g/mol. The zero-order valence-corrected chi connectivity index (χ0v) is 10.9. The minimum atomic E-state index is -0.431. The maximum atomic E-state index is 13.0. The van der Waals surface area contributed by atoms with Crippen molar-refractivity contribution in [2.75, 3.05) is 6.61 Å². The molecule has 0 aliphatic carbocycles. The van der Waals surface area contributed by atoms with Crippen molar-refractivity contribution in [2.24, 2.45) is 0 Å². The van der Waals surface area contributed by atoms with E-state index in [4.69, 9.17) is 4.74 Å². The third kappa shape index (κ3) is 2.56. The van der Waals surface area contributed by atoms with Crippen LogP contribution in [0.15, 0.2) is 23.6 Å². The van der Waals surface area contributed by atoms with Gasteiger partial charge >= 0.3 is 5.97 Å². The fourth-order valence-electron chi connectivity index (χ4n) is 1.56. The van der Waals surface area contributed by atoms with E-state index < -0.39 is 5.97 Å². The molecule has 0 unspecified atom stereocenters. The zero-order chi connectivity index (χ0) is 13.1. The van der Waals surface area contributed by atoms with Gasteiger partial charge in [-0.2, -0.15) is 0 Å². The summed E-state index contributed by atoms with van der Waals surface area (Å²) in [6.07, 6.45) is 0. The molecule has 2 rings (SSSR count). The van der Waals surface area contributed by atoms with E-state index in [1.54, 1.807) is 18.4 Å². The Hall–Kier alpha value is -1.75. The van der Waals surface area contributed by atoms with E-state index >= 15 is 0 Å². The lowest BCUT2D eigenvalue weighted by atomic mass is 10.1. The summed E-state index contributed by atoms with van der Waals surface area (Å²) in [6.45, 7) is 3.88. The SMILES string of the molecule is CCOC(=O)c1csc(-c2ccc(F)cc2C)n1. The number of esters is 1. The summed E-state index contributed by atoms with van der Waals surface area (Å²) in [4.78, 5) is 15.7. The van der Waals surface area contributed by atoms with Gasteiger partial charge in [0.25, 0.3) is 0 Å². The Morgan fingerprint density at radius 2 is 2.28 bits per heavy atom. The summed E-state index contributed by atoms with van der Waals surface area (Å²) < 4.78 is 17.9. The van der Waals surface area contributed by atoms with Crippen molar-refractivity contribution in [1.29, 1.82) is 0 Å². The van der Waals surface area contributed by atoms with Gasteiger partial charge in [-0.05, 0) is 37.6 Å². The number of ether oxygens (including phenoxy) is 1. The number of halogens is 1. The number of benzene rings is 1. The maximum Gasteiger partial charge on any atom is 0.357 e. The number of thiazole rings is 1. The molecule has 0 N–H and O–H groups in total. The second-order valence-corrected chi connectivity index (χ2v) is 4.58. The number of aryl methyl sites for hydroxylation is 1. The predicted octanol–water partition coefficient (Wildman–Crippen LogP) is 3.43. The van der Waals surface area contributed by atoms with Gasteiger partial charge in [-0.15, -0.1) is 11.3 Å². The molecule has 0 saturated carbocycles. The first-order valence-electron chi connectivity index (χ1n) is 5.51. The van der Waals surface area contributed by atoms with Crippen LogP contribution >= 0.6 is 11.3 Å². The van der Waals surface area contributed by atoms with Gasteiger partial charge in [-0.3, -0.25) is 0 Å². The molecule has 0 fully saturated rings. The molecular weight excluding hydrogens is 253 g/mol. The van der Waals surface area contributed by atoms with Crippen LogP contribution in [0.25, 0.3) is 10.6 Å². The molecule has 0 aliphatic rings. The summed E-state index contributed by atoms with van der Waals surface area (Å²) in [6, 6.07) is 4.49. The van der Waals surface area contributed by atoms with Gasteiger partial charge in [0, 0.05) is 10.9 Å². The van der Waals surface area contributed by atoms with Gasteiger partial charge in [-0.25, -0.2) is 14.2 Å². The second kappa shape index (κ2) is 5.27. The van der Waals surface area contributed by atoms with Crippen LogP contribution < -0.4 is 0 Å². The van der Waals surface area contributed by atoms with Gasteiger partial charge in [0.15, 0.2) is 5.69 Å². The standard InChI is InChI=1S/C13H12FNO2S/c1-3-17-13(16)11-7-18-12(15-11)10-5-4-9(14)6-8(10)2/h4-7H,3H2,1-2H3. The Labute approximate surface area is 108 Å².